The first kappa shape index (κ1) is 11.4. The van der Waals surface area contributed by atoms with Gasteiger partial charge in [-0.15, -0.1) is 0 Å². The lowest BCUT2D eigenvalue weighted by Gasteiger charge is -2.15. The largest absolute Gasteiger partial charge is 0.392 e. The number of rotatable bonds is 5. The Morgan fingerprint density at radius 1 is 1.31 bits per heavy atom. The Hall–Kier alpha value is 0.310. The zero-order valence-electron chi connectivity index (χ0n) is 8.83. The lowest BCUT2D eigenvalue weighted by atomic mass is 10.0. The van der Waals surface area contributed by atoms with E-state index in [2.05, 4.69) is 13.8 Å². The molecule has 78 valence electrons. The zero-order chi connectivity index (χ0) is 9.68. The van der Waals surface area contributed by atoms with Gasteiger partial charge in [0, 0.05) is 5.75 Å². The van der Waals surface area contributed by atoms with Gasteiger partial charge in [-0.2, -0.15) is 11.8 Å². The van der Waals surface area contributed by atoms with E-state index >= 15 is 0 Å². The van der Waals surface area contributed by atoms with Crippen LogP contribution in [0.5, 0.6) is 0 Å². The molecule has 0 aliphatic heterocycles. The monoisotopic (exact) mass is 202 g/mol. The fraction of sp³-hybridized carbons (Fsp3) is 1.00. The van der Waals surface area contributed by atoms with E-state index in [0.29, 0.717) is 5.25 Å². The number of aliphatic hydroxyl groups is 1. The summed E-state index contributed by atoms with van der Waals surface area (Å²) in [4.78, 5) is 0. The Morgan fingerprint density at radius 2 is 1.92 bits per heavy atom. The topological polar surface area (TPSA) is 20.2 Å². The molecule has 0 amide bonds. The minimum atomic E-state index is -0.0597. The van der Waals surface area contributed by atoms with Gasteiger partial charge >= 0.3 is 0 Å². The van der Waals surface area contributed by atoms with E-state index in [9.17, 15) is 5.11 Å². The van der Waals surface area contributed by atoms with Crippen LogP contribution >= 0.6 is 11.8 Å². The summed E-state index contributed by atoms with van der Waals surface area (Å²) in [5, 5.41) is 10.4. The van der Waals surface area contributed by atoms with Crippen molar-refractivity contribution in [2.45, 2.75) is 57.3 Å². The van der Waals surface area contributed by atoms with E-state index < -0.39 is 0 Å². The third kappa shape index (κ3) is 4.92. The van der Waals surface area contributed by atoms with Crippen LogP contribution in [0, 0.1) is 5.92 Å². The number of aliphatic hydroxyl groups excluding tert-OH is 1. The first-order valence-electron chi connectivity index (χ1n) is 5.48. The van der Waals surface area contributed by atoms with Crippen LogP contribution in [-0.4, -0.2) is 22.2 Å². The lowest BCUT2D eigenvalue weighted by molar-refractivity contribution is 0.165. The third-order valence-electron chi connectivity index (χ3n) is 2.70. The zero-order valence-corrected chi connectivity index (χ0v) is 9.65. The molecule has 0 radical (unpaired) electrons. The molecule has 1 unspecified atom stereocenters. The summed E-state index contributed by atoms with van der Waals surface area (Å²) in [6.45, 7) is 4.37. The van der Waals surface area contributed by atoms with Gasteiger partial charge < -0.3 is 5.11 Å². The molecule has 1 N–H and O–H groups in total. The van der Waals surface area contributed by atoms with Gasteiger partial charge in [-0.3, -0.25) is 0 Å². The molecule has 1 saturated carbocycles. The standard InChI is InChI=1S/C11H22OS/c1-9(2)13-8-11(12)7-10-5-3-4-6-10/h9-12H,3-8H2,1-2H3. The van der Waals surface area contributed by atoms with Crippen molar-refractivity contribution in [1.82, 2.24) is 0 Å². The van der Waals surface area contributed by atoms with Crippen LogP contribution in [0.3, 0.4) is 0 Å². The van der Waals surface area contributed by atoms with Gasteiger partial charge in [-0.1, -0.05) is 39.5 Å². The van der Waals surface area contributed by atoms with Gasteiger partial charge in [0.05, 0.1) is 6.10 Å². The highest BCUT2D eigenvalue weighted by Crippen LogP contribution is 2.29. The maximum atomic E-state index is 9.74. The van der Waals surface area contributed by atoms with Crippen molar-refractivity contribution in [2.75, 3.05) is 5.75 Å². The molecule has 0 aromatic heterocycles. The fourth-order valence-electron chi connectivity index (χ4n) is 2.00. The van der Waals surface area contributed by atoms with Gasteiger partial charge in [0.1, 0.15) is 0 Å². The lowest BCUT2D eigenvalue weighted by Crippen LogP contribution is -2.15. The first-order chi connectivity index (χ1) is 6.18. The van der Waals surface area contributed by atoms with Crippen molar-refractivity contribution >= 4 is 11.8 Å². The Morgan fingerprint density at radius 3 is 2.46 bits per heavy atom. The van der Waals surface area contributed by atoms with Crippen LogP contribution in [0.25, 0.3) is 0 Å². The van der Waals surface area contributed by atoms with Gasteiger partial charge in [0.2, 0.25) is 0 Å². The number of thioether (sulfide) groups is 1. The predicted octanol–water partition coefficient (Wildman–Crippen LogP) is 3.07. The van der Waals surface area contributed by atoms with E-state index in [1.165, 1.54) is 25.7 Å². The average Bonchev–Trinajstić information content (AvgIpc) is 2.53. The van der Waals surface area contributed by atoms with E-state index in [1.807, 2.05) is 11.8 Å². The van der Waals surface area contributed by atoms with Crippen molar-refractivity contribution in [1.29, 1.82) is 0 Å². The third-order valence-corrected chi connectivity index (χ3v) is 3.95. The molecule has 1 nitrogen and oxygen atoms in total. The molecule has 0 heterocycles. The molecule has 1 rings (SSSR count). The smallest absolute Gasteiger partial charge is 0.0633 e. The Bertz CT molecular complexity index is 130. The quantitative estimate of drug-likeness (QED) is 0.739. The van der Waals surface area contributed by atoms with Crippen LogP contribution in [0.4, 0.5) is 0 Å². The van der Waals surface area contributed by atoms with Crippen molar-refractivity contribution in [3.05, 3.63) is 0 Å². The molecule has 1 aliphatic rings. The highest BCUT2D eigenvalue weighted by molar-refractivity contribution is 7.99. The molecule has 0 bridgehead atoms. The van der Waals surface area contributed by atoms with Gasteiger partial charge in [-0.25, -0.2) is 0 Å². The summed E-state index contributed by atoms with van der Waals surface area (Å²) in [5.74, 6) is 1.75. The summed E-state index contributed by atoms with van der Waals surface area (Å²) >= 11 is 1.87. The molecule has 1 aliphatic carbocycles. The van der Waals surface area contributed by atoms with Crippen molar-refractivity contribution in [2.24, 2.45) is 5.92 Å². The summed E-state index contributed by atoms with van der Waals surface area (Å²) in [7, 11) is 0. The van der Waals surface area contributed by atoms with Crippen LogP contribution in [0.15, 0.2) is 0 Å². The Labute approximate surface area is 86.3 Å². The second kappa shape index (κ2) is 5.92. The maximum absolute atomic E-state index is 9.74. The molecule has 0 spiro atoms. The van der Waals surface area contributed by atoms with E-state index in [4.69, 9.17) is 0 Å². The molecule has 0 aromatic carbocycles. The Kier molecular flexibility index (Phi) is 5.18. The molecular weight excluding hydrogens is 180 g/mol. The summed E-state index contributed by atoms with van der Waals surface area (Å²) in [5.41, 5.74) is 0. The van der Waals surface area contributed by atoms with E-state index in [1.54, 1.807) is 0 Å². The minimum Gasteiger partial charge on any atom is -0.392 e. The molecular formula is C11H22OS. The highest BCUT2D eigenvalue weighted by Gasteiger charge is 2.18. The van der Waals surface area contributed by atoms with Gasteiger partial charge in [-0.05, 0) is 17.6 Å². The second-order valence-electron chi connectivity index (χ2n) is 4.42. The predicted molar refractivity (Wildman–Crippen MR) is 60.2 cm³/mol. The second-order valence-corrected chi connectivity index (χ2v) is 6.03. The fourth-order valence-corrected chi connectivity index (χ4v) is 2.75. The first-order valence-corrected chi connectivity index (χ1v) is 6.53. The van der Waals surface area contributed by atoms with Crippen molar-refractivity contribution in [3.63, 3.8) is 0 Å². The molecule has 1 atom stereocenters. The molecule has 13 heavy (non-hydrogen) atoms. The number of hydrogen-bond donors (Lipinski definition) is 1. The maximum Gasteiger partial charge on any atom is 0.0633 e. The van der Waals surface area contributed by atoms with E-state index in [-0.39, 0.29) is 6.10 Å². The minimum absolute atomic E-state index is 0.0597. The van der Waals surface area contributed by atoms with Crippen LogP contribution < -0.4 is 0 Å². The molecule has 1 fully saturated rings. The summed E-state index contributed by atoms with van der Waals surface area (Å²) < 4.78 is 0. The summed E-state index contributed by atoms with van der Waals surface area (Å²) in [6.07, 6.45) is 6.45. The van der Waals surface area contributed by atoms with Gasteiger partial charge in [0.15, 0.2) is 0 Å². The summed E-state index contributed by atoms with van der Waals surface area (Å²) in [6, 6.07) is 0. The molecule has 2 heteroatoms. The molecule has 0 saturated heterocycles. The van der Waals surface area contributed by atoms with Crippen LogP contribution in [0.1, 0.15) is 46.0 Å². The molecule has 0 aromatic rings. The van der Waals surface area contributed by atoms with Crippen molar-refractivity contribution in [3.8, 4) is 0 Å². The highest BCUT2D eigenvalue weighted by atomic mass is 32.2. The van der Waals surface area contributed by atoms with Gasteiger partial charge in [0.25, 0.3) is 0 Å². The SMILES string of the molecule is CC(C)SCC(O)CC1CCCC1. The van der Waals surface area contributed by atoms with E-state index in [0.717, 1.165) is 18.1 Å². The Balaban J connectivity index is 2.05. The van der Waals surface area contributed by atoms with Crippen LogP contribution in [0.2, 0.25) is 0 Å². The van der Waals surface area contributed by atoms with Crippen LogP contribution in [-0.2, 0) is 0 Å². The average molecular weight is 202 g/mol. The van der Waals surface area contributed by atoms with Crippen molar-refractivity contribution < 1.29 is 5.11 Å². The normalized spacial score (nSPS) is 21.2. The number of hydrogen-bond acceptors (Lipinski definition) is 2.